The summed E-state index contributed by atoms with van der Waals surface area (Å²) in [6.07, 6.45) is 2.50. The van der Waals surface area contributed by atoms with Crippen molar-refractivity contribution in [2.45, 2.75) is 26.9 Å². The number of carbonyl (C=O) groups is 2. The van der Waals surface area contributed by atoms with E-state index in [0.717, 1.165) is 12.2 Å². The summed E-state index contributed by atoms with van der Waals surface area (Å²) < 4.78 is 3.04. The van der Waals surface area contributed by atoms with E-state index in [-0.39, 0.29) is 18.0 Å². The van der Waals surface area contributed by atoms with E-state index < -0.39 is 5.97 Å². The van der Waals surface area contributed by atoms with Crippen LogP contribution >= 0.6 is 0 Å². The van der Waals surface area contributed by atoms with Crippen LogP contribution in [0.3, 0.4) is 0 Å². The highest BCUT2D eigenvalue weighted by atomic mass is 16.4. The van der Waals surface area contributed by atoms with Gasteiger partial charge >= 0.3 is 5.97 Å². The molecule has 0 radical (unpaired) electrons. The molecule has 8 heteroatoms. The molecule has 2 aromatic rings. The molecule has 0 bridgehead atoms. The highest BCUT2D eigenvalue weighted by Gasteiger charge is 2.10. The van der Waals surface area contributed by atoms with Crippen LogP contribution in [0.25, 0.3) is 0 Å². The van der Waals surface area contributed by atoms with Crippen molar-refractivity contribution < 1.29 is 14.7 Å². The molecule has 0 aliphatic rings. The van der Waals surface area contributed by atoms with Crippen molar-refractivity contribution in [1.82, 2.24) is 19.6 Å². The van der Waals surface area contributed by atoms with Crippen molar-refractivity contribution in [3.05, 3.63) is 29.7 Å². The molecule has 0 aliphatic heterocycles. The summed E-state index contributed by atoms with van der Waals surface area (Å²) in [5, 5.41) is 19.4. The second kappa shape index (κ2) is 5.55. The van der Waals surface area contributed by atoms with E-state index in [4.69, 9.17) is 5.11 Å². The fourth-order valence-corrected chi connectivity index (χ4v) is 1.78. The lowest BCUT2D eigenvalue weighted by Crippen LogP contribution is -2.19. The average molecular weight is 277 g/mol. The molecular weight excluding hydrogens is 262 g/mol. The number of nitrogens with one attached hydrogen (secondary N) is 1. The molecule has 0 fully saturated rings. The molecule has 0 spiro atoms. The first-order valence-electron chi connectivity index (χ1n) is 6.09. The van der Waals surface area contributed by atoms with Crippen LogP contribution in [0.15, 0.2) is 18.5 Å². The van der Waals surface area contributed by atoms with Gasteiger partial charge in [-0.1, -0.05) is 0 Å². The minimum absolute atomic E-state index is 0.0453. The Morgan fingerprint density at radius 1 is 1.45 bits per heavy atom. The zero-order valence-corrected chi connectivity index (χ0v) is 11.2. The number of rotatable bonds is 5. The first-order valence-corrected chi connectivity index (χ1v) is 6.09. The van der Waals surface area contributed by atoms with Crippen molar-refractivity contribution >= 4 is 17.7 Å². The Morgan fingerprint density at radius 2 is 2.20 bits per heavy atom. The summed E-state index contributed by atoms with van der Waals surface area (Å²) in [4.78, 5) is 22.5. The number of carbonyl (C=O) groups excluding carboxylic acids is 1. The van der Waals surface area contributed by atoms with E-state index >= 15 is 0 Å². The number of aryl methyl sites for hydroxylation is 2. The van der Waals surface area contributed by atoms with Crippen LogP contribution in [0.1, 0.15) is 23.0 Å². The second-order valence-electron chi connectivity index (χ2n) is 4.27. The number of amides is 1. The number of anilines is 1. The zero-order valence-electron chi connectivity index (χ0n) is 11.2. The minimum atomic E-state index is -1.08. The Bertz CT molecular complexity index is 643. The van der Waals surface area contributed by atoms with Crippen LogP contribution in [0.2, 0.25) is 0 Å². The molecule has 0 saturated heterocycles. The largest absolute Gasteiger partial charge is 0.478 e. The lowest BCUT2D eigenvalue weighted by atomic mass is 10.4. The van der Waals surface area contributed by atoms with Crippen molar-refractivity contribution in [2.24, 2.45) is 0 Å². The standard InChI is InChI=1S/C12H15N5O3/c1-3-17-8(2)4-10(15-17)14-11(18)7-16-6-9(5-13-16)12(19)20/h4-6H,3,7H2,1-2H3,(H,19,20)(H,14,15,18). The lowest BCUT2D eigenvalue weighted by Gasteiger charge is -2.02. The molecule has 2 N–H and O–H groups in total. The molecular formula is C12H15N5O3. The van der Waals surface area contributed by atoms with Gasteiger partial charge in [0.15, 0.2) is 5.82 Å². The first kappa shape index (κ1) is 13.8. The lowest BCUT2D eigenvalue weighted by molar-refractivity contribution is -0.116. The first-order chi connectivity index (χ1) is 9.49. The summed E-state index contributed by atoms with van der Waals surface area (Å²) in [5.74, 6) is -0.917. The van der Waals surface area contributed by atoms with E-state index in [0.29, 0.717) is 5.82 Å². The predicted molar refractivity (Wildman–Crippen MR) is 70.5 cm³/mol. The third-order valence-corrected chi connectivity index (χ3v) is 2.73. The number of carboxylic acid groups (broad SMARTS) is 1. The number of aromatic nitrogens is 4. The molecule has 0 aliphatic carbocycles. The number of hydrogen-bond donors (Lipinski definition) is 2. The number of hydrogen-bond acceptors (Lipinski definition) is 4. The van der Waals surface area contributed by atoms with Gasteiger partial charge in [-0.15, -0.1) is 0 Å². The van der Waals surface area contributed by atoms with Crippen LogP contribution in [0.5, 0.6) is 0 Å². The molecule has 0 atom stereocenters. The zero-order chi connectivity index (χ0) is 14.7. The van der Waals surface area contributed by atoms with Gasteiger partial charge in [-0.25, -0.2) is 4.79 Å². The molecule has 8 nitrogen and oxygen atoms in total. The average Bonchev–Trinajstić information content (AvgIpc) is 2.96. The molecule has 1 amide bonds. The van der Waals surface area contributed by atoms with Crippen molar-refractivity contribution in [1.29, 1.82) is 0 Å². The highest BCUT2D eigenvalue weighted by molar-refractivity contribution is 5.90. The van der Waals surface area contributed by atoms with Crippen molar-refractivity contribution in [3.8, 4) is 0 Å². The Kier molecular flexibility index (Phi) is 3.83. The maximum atomic E-state index is 11.8. The third-order valence-electron chi connectivity index (χ3n) is 2.73. The third kappa shape index (κ3) is 3.02. The molecule has 0 unspecified atom stereocenters. The molecule has 2 heterocycles. The Hall–Kier alpha value is -2.64. The second-order valence-corrected chi connectivity index (χ2v) is 4.27. The van der Waals surface area contributed by atoms with Gasteiger partial charge in [0.25, 0.3) is 0 Å². The van der Waals surface area contributed by atoms with Crippen LogP contribution in [0.4, 0.5) is 5.82 Å². The number of aromatic carboxylic acids is 1. The van der Waals surface area contributed by atoms with E-state index in [1.54, 1.807) is 10.7 Å². The number of nitrogens with zero attached hydrogens (tertiary/aromatic N) is 4. The van der Waals surface area contributed by atoms with Gasteiger partial charge in [0.05, 0.1) is 11.8 Å². The van der Waals surface area contributed by atoms with E-state index in [1.165, 1.54) is 17.1 Å². The van der Waals surface area contributed by atoms with E-state index in [9.17, 15) is 9.59 Å². The minimum Gasteiger partial charge on any atom is -0.478 e. The topological polar surface area (TPSA) is 102 Å². The van der Waals surface area contributed by atoms with Crippen LogP contribution < -0.4 is 5.32 Å². The predicted octanol–water partition coefficient (Wildman–Crippen LogP) is 0.745. The van der Waals surface area contributed by atoms with Gasteiger partial charge in [0.2, 0.25) is 5.91 Å². The summed E-state index contributed by atoms with van der Waals surface area (Å²) >= 11 is 0. The summed E-state index contributed by atoms with van der Waals surface area (Å²) in [6, 6.07) is 1.77. The van der Waals surface area contributed by atoms with Gasteiger partial charge in [0, 0.05) is 24.5 Å². The quantitative estimate of drug-likeness (QED) is 0.839. The maximum Gasteiger partial charge on any atom is 0.338 e. The van der Waals surface area contributed by atoms with E-state index in [1.807, 2.05) is 13.8 Å². The highest BCUT2D eigenvalue weighted by Crippen LogP contribution is 2.08. The van der Waals surface area contributed by atoms with Crippen LogP contribution in [0, 0.1) is 6.92 Å². The van der Waals surface area contributed by atoms with Gasteiger partial charge in [-0.2, -0.15) is 10.2 Å². The molecule has 20 heavy (non-hydrogen) atoms. The van der Waals surface area contributed by atoms with Gasteiger partial charge in [-0.3, -0.25) is 14.2 Å². The Morgan fingerprint density at radius 3 is 2.75 bits per heavy atom. The Balaban J connectivity index is 1.99. The Labute approximate surface area is 115 Å². The monoisotopic (exact) mass is 277 g/mol. The summed E-state index contributed by atoms with van der Waals surface area (Å²) in [5.41, 5.74) is 0.999. The van der Waals surface area contributed by atoms with E-state index in [2.05, 4.69) is 15.5 Å². The van der Waals surface area contributed by atoms with Gasteiger partial charge in [-0.05, 0) is 13.8 Å². The molecule has 0 aromatic carbocycles. The summed E-state index contributed by atoms with van der Waals surface area (Å²) in [7, 11) is 0. The van der Waals surface area contributed by atoms with Crippen LogP contribution in [-0.2, 0) is 17.9 Å². The molecule has 0 saturated carbocycles. The van der Waals surface area contributed by atoms with Gasteiger partial charge < -0.3 is 10.4 Å². The van der Waals surface area contributed by atoms with Gasteiger partial charge in [0.1, 0.15) is 6.54 Å². The smallest absolute Gasteiger partial charge is 0.338 e. The molecule has 2 aromatic heterocycles. The molecule has 106 valence electrons. The normalized spacial score (nSPS) is 10.5. The SMILES string of the molecule is CCn1nc(NC(=O)Cn2cc(C(=O)O)cn2)cc1C. The van der Waals surface area contributed by atoms with Crippen molar-refractivity contribution in [2.75, 3.05) is 5.32 Å². The number of carboxylic acids is 1. The fraction of sp³-hybridized carbons (Fsp3) is 0.333. The maximum absolute atomic E-state index is 11.8. The summed E-state index contributed by atoms with van der Waals surface area (Å²) in [6.45, 7) is 4.52. The fourth-order valence-electron chi connectivity index (χ4n) is 1.78. The van der Waals surface area contributed by atoms with Crippen molar-refractivity contribution in [3.63, 3.8) is 0 Å². The van der Waals surface area contributed by atoms with Crippen LogP contribution in [-0.4, -0.2) is 36.5 Å². The molecule has 2 rings (SSSR count).